The molecule has 0 fully saturated rings. The topological polar surface area (TPSA) is 80.0 Å². The van der Waals surface area contributed by atoms with Gasteiger partial charge >= 0.3 is 0 Å². The fraction of sp³-hybridized carbons (Fsp3) is 0.308. The zero-order chi connectivity index (χ0) is 15.2. The van der Waals surface area contributed by atoms with Crippen molar-refractivity contribution in [2.75, 3.05) is 23.4 Å². The zero-order valence-corrected chi connectivity index (χ0v) is 14.3. The second-order valence-electron chi connectivity index (χ2n) is 4.09. The first-order chi connectivity index (χ1) is 10.2. The standard InChI is InChI=1S/C13H17BrN6S/c1-3-20(4-2)12-16-11(19-15)17-13(18-12)21-10-8-6-5-7-9(10)14/h5-8H,3-4,15H2,1-2H3,(H,16,17,18,19). The minimum absolute atomic E-state index is 0.362. The second-order valence-corrected chi connectivity index (χ2v) is 5.95. The Balaban J connectivity index is 2.35. The van der Waals surface area contributed by atoms with Gasteiger partial charge in [-0.2, -0.15) is 15.0 Å². The Morgan fingerprint density at radius 1 is 1.19 bits per heavy atom. The number of hydrazine groups is 1. The first-order valence-electron chi connectivity index (χ1n) is 6.58. The van der Waals surface area contributed by atoms with Crippen molar-refractivity contribution in [2.45, 2.75) is 23.9 Å². The molecule has 1 aromatic heterocycles. The molecule has 0 spiro atoms. The fourth-order valence-electron chi connectivity index (χ4n) is 1.73. The zero-order valence-electron chi connectivity index (χ0n) is 11.9. The van der Waals surface area contributed by atoms with Gasteiger partial charge in [-0.3, -0.25) is 5.43 Å². The Bertz CT molecular complexity index is 605. The SMILES string of the molecule is CCN(CC)c1nc(NN)nc(Sc2ccccc2Br)n1. The molecular weight excluding hydrogens is 352 g/mol. The quantitative estimate of drug-likeness (QED) is 0.599. The number of hydrogen-bond donors (Lipinski definition) is 2. The Morgan fingerprint density at radius 3 is 2.52 bits per heavy atom. The molecule has 0 saturated carbocycles. The molecule has 0 radical (unpaired) electrons. The van der Waals surface area contributed by atoms with E-state index < -0.39 is 0 Å². The summed E-state index contributed by atoms with van der Waals surface area (Å²) in [7, 11) is 0. The summed E-state index contributed by atoms with van der Waals surface area (Å²) in [5, 5.41) is 0.603. The molecule has 0 atom stereocenters. The largest absolute Gasteiger partial charge is 0.341 e. The van der Waals surface area contributed by atoms with E-state index in [0.29, 0.717) is 17.1 Å². The maximum Gasteiger partial charge on any atom is 0.242 e. The van der Waals surface area contributed by atoms with Crippen molar-refractivity contribution in [3.63, 3.8) is 0 Å². The lowest BCUT2D eigenvalue weighted by atomic mass is 10.4. The van der Waals surface area contributed by atoms with Crippen molar-refractivity contribution in [1.82, 2.24) is 15.0 Å². The van der Waals surface area contributed by atoms with Crippen LogP contribution in [0.15, 0.2) is 38.8 Å². The molecule has 0 aliphatic rings. The first-order valence-corrected chi connectivity index (χ1v) is 8.18. The molecule has 0 amide bonds. The summed E-state index contributed by atoms with van der Waals surface area (Å²) in [5.74, 6) is 6.44. The molecule has 8 heteroatoms. The molecule has 0 bridgehead atoms. The summed E-state index contributed by atoms with van der Waals surface area (Å²) in [6.07, 6.45) is 0. The van der Waals surface area contributed by atoms with Crippen molar-refractivity contribution in [3.8, 4) is 0 Å². The third kappa shape index (κ3) is 4.05. The normalized spacial score (nSPS) is 10.5. The third-order valence-electron chi connectivity index (χ3n) is 2.82. The van der Waals surface area contributed by atoms with Crippen molar-refractivity contribution in [3.05, 3.63) is 28.7 Å². The van der Waals surface area contributed by atoms with E-state index in [1.807, 2.05) is 29.2 Å². The van der Waals surface area contributed by atoms with E-state index in [1.165, 1.54) is 11.8 Å². The number of benzene rings is 1. The molecule has 1 heterocycles. The molecule has 2 aromatic rings. The van der Waals surface area contributed by atoms with Crippen LogP contribution in [0.25, 0.3) is 0 Å². The minimum Gasteiger partial charge on any atom is -0.341 e. The van der Waals surface area contributed by atoms with E-state index >= 15 is 0 Å². The Labute approximate surface area is 136 Å². The smallest absolute Gasteiger partial charge is 0.242 e. The molecule has 21 heavy (non-hydrogen) atoms. The Kier molecular flexibility index (Phi) is 5.77. The van der Waals surface area contributed by atoms with Gasteiger partial charge in [0.2, 0.25) is 11.9 Å². The van der Waals surface area contributed by atoms with Crippen molar-refractivity contribution in [2.24, 2.45) is 5.84 Å². The lowest BCUT2D eigenvalue weighted by molar-refractivity contribution is 0.783. The van der Waals surface area contributed by atoms with Crippen LogP contribution in [0.5, 0.6) is 0 Å². The van der Waals surface area contributed by atoms with Gasteiger partial charge in [0.1, 0.15) is 0 Å². The van der Waals surface area contributed by atoms with E-state index in [-0.39, 0.29) is 0 Å². The minimum atomic E-state index is 0.362. The third-order valence-corrected chi connectivity index (χ3v) is 4.71. The average molecular weight is 369 g/mol. The predicted octanol–water partition coefficient (Wildman–Crippen LogP) is 2.92. The van der Waals surface area contributed by atoms with Crippen molar-refractivity contribution >= 4 is 39.6 Å². The summed E-state index contributed by atoms with van der Waals surface area (Å²) in [5.41, 5.74) is 2.50. The molecule has 0 unspecified atom stereocenters. The molecular formula is C13H17BrN6S. The number of nitrogens with zero attached hydrogens (tertiary/aromatic N) is 4. The maximum absolute atomic E-state index is 5.45. The fourth-order valence-corrected chi connectivity index (χ4v) is 3.03. The van der Waals surface area contributed by atoms with Gasteiger partial charge in [0.15, 0.2) is 5.16 Å². The lowest BCUT2D eigenvalue weighted by Crippen LogP contribution is -2.25. The van der Waals surface area contributed by atoms with Gasteiger partial charge in [-0.1, -0.05) is 12.1 Å². The highest BCUT2D eigenvalue weighted by Gasteiger charge is 2.12. The number of hydrogen-bond acceptors (Lipinski definition) is 7. The predicted molar refractivity (Wildman–Crippen MR) is 89.5 cm³/mol. The van der Waals surface area contributed by atoms with E-state index in [9.17, 15) is 0 Å². The summed E-state index contributed by atoms with van der Waals surface area (Å²) in [6.45, 7) is 5.76. The summed E-state index contributed by atoms with van der Waals surface area (Å²) < 4.78 is 1.00. The van der Waals surface area contributed by atoms with Gasteiger partial charge in [0.05, 0.1) is 0 Å². The number of nitrogens with two attached hydrogens (primary N) is 1. The van der Waals surface area contributed by atoms with Gasteiger partial charge in [0, 0.05) is 22.5 Å². The van der Waals surface area contributed by atoms with Gasteiger partial charge in [0.25, 0.3) is 0 Å². The molecule has 6 nitrogen and oxygen atoms in total. The van der Waals surface area contributed by atoms with Gasteiger partial charge in [-0.25, -0.2) is 5.84 Å². The number of rotatable bonds is 6. The number of aromatic nitrogens is 3. The highest BCUT2D eigenvalue weighted by molar-refractivity contribution is 9.10. The van der Waals surface area contributed by atoms with Crippen LogP contribution in [0.4, 0.5) is 11.9 Å². The van der Waals surface area contributed by atoms with Crippen molar-refractivity contribution in [1.29, 1.82) is 0 Å². The molecule has 1 aromatic carbocycles. The highest BCUT2D eigenvalue weighted by Crippen LogP contribution is 2.32. The molecule has 2 rings (SSSR count). The number of halogens is 1. The van der Waals surface area contributed by atoms with E-state index in [2.05, 4.69) is 50.2 Å². The van der Waals surface area contributed by atoms with Crippen LogP contribution < -0.4 is 16.2 Å². The Hall–Kier alpha value is -1.38. The summed E-state index contributed by atoms with van der Waals surface area (Å²) in [4.78, 5) is 16.2. The first kappa shape index (κ1) is 16.0. The molecule has 0 aliphatic heterocycles. The molecule has 112 valence electrons. The number of nitrogens with one attached hydrogen (secondary N) is 1. The van der Waals surface area contributed by atoms with Gasteiger partial charge in [-0.15, -0.1) is 0 Å². The van der Waals surface area contributed by atoms with E-state index in [1.54, 1.807) is 0 Å². The Morgan fingerprint density at radius 2 is 1.90 bits per heavy atom. The van der Waals surface area contributed by atoms with Gasteiger partial charge in [-0.05, 0) is 53.7 Å². The van der Waals surface area contributed by atoms with E-state index in [4.69, 9.17) is 5.84 Å². The maximum atomic E-state index is 5.45. The highest BCUT2D eigenvalue weighted by atomic mass is 79.9. The second kappa shape index (κ2) is 7.58. The van der Waals surface area contributed by atoms with Crippen LogP contribution in [0.3, 0.4) is 0 Å². The van der Waals surface area contributed by atoms with Crippen LogP contribution in [0, 0.1) is 0 Å². The van der Waals surface area contributed by atoms with Crippen LogP contribution >= 0.6 is 27.7 Å². The van der Waals surface area contributed by atoms with E-state index in [0.717, 1.165) is 22.5 Å². The number of nitrogen functional groups attached to an aromatic ring is 1. The van der Waals surface area contributed by atoms with Crippen LogP contribution in [-0.2, 0) is 0 Å². The summed E-state index contributed by atoms with van der Waals surface area (Å²) in [6, 6.07) is 7.93. The van der Waals surface area contributed by atoms with Crippen LogP contribution in [0.2, 0.25) is 0 Å². The molecule has 0 aliphatic carbocycles. The molecule has 0 saturated heterocycles. The average Bonchev–Trinajstić information content (AvgIpc) is 2.50. The van der Waals surface area contributed by atoms with Crippen LogP contribution in [0.1, 0.15) is 13.8 Å². The monoisotopic (exact) mass is 368 g/mol. The number of anilines is 2. The van der Waals surface area contributed by atoms with Crippen LogP contribution in [-0.4, -0.2) is 28.0 Å². The summed E-state index contributed by atoms with van der Waals surface area (Å²) >= 11 is 4.99. The molecule has 3 N–H and O–H groups in total. The van der Waals surface area contributed by atoms with Gasteiger partial charge < -0.3 is 4.90 Å². The van der Waals surface area contributed by atoms with Crippen molar-refractivity contribution < 1.29 is 0 Å². The lowest BCUT2D eigenvalue weighted by Gasteiger charge is -2.19.